The summed E-state index contributed by atoms with van der Waals surface area (Å²) in [6.07, 6.45) is 9.19. The van der Waals surface area contributed by atoms with Gasteiger partial charge in [0.1, 0.15) is 0 Å². The summed E-state index contributed by atoms with van der Waals surface area (Å²) in [6.45, 7) is 3.22. The first-order valence-electron chi connectivity index (χ1n) is 5.53. The molecule has 0 unspecified atom stereocenters. The van der Waals surface area contributed by atoms with Crippen LogP contribution >= 0.6 is 22.6 Å². The lowest BCUT2D eigenvalue weighted by Gasteiger charge is -2.27. The topological polar surface area (TPSA) is 9.23 Å². The largest absolute Gasteiger partial charge is 0.374 e. The van der Waals surface area contributed by atoms with Crippen molar-refractivity contribution in [3.63, 3.8) is 0 Å². The predicted molar refractivity (Wildman–Crippen MR) is 65.6 cm³/mol. The number of alkyl halides is 1. The number of hydrogen-bond donors (Lipinski definition) is 0. The average Bonchev–Trinajstić information content (AvgIpc) is 2.62. The first-order valence-corrected chi connectivity index (χ1v) is 7.05. The van der Waals surface area contributed by atoms with Gasteiger partial charge in [-0.15, -0.1) is 0 Å². The van der Waals surface area contributed by atoms with Gasteiger partial charge in [0.25, 0.3) is 0 Å². The molecule has 1 fully saturated rings. The van der Waals surface area contributed by atoms with Crippen LogP contribution in [0.25, 0.3) is 0 Å². The molecule has 2 heteroatoms. The van der Waals surface area contributed by atoms with E-state index in [0.29, 0.717) is 0 Å². The van der Waals surface area contributed by atoms with Crippen LogP contribution in [0.4, 0.5) is 0 Å². The summed E-state index contributed by atoms with van der Waals surface area (Å²) in [5.74, 6) is 0. The van der Waals surface area contributed by atoms with Crippen LogP contribution in [0.1, 0.15) is 51.9 Å². The van der Waals surface area contributed by atoms with Gasteiger partial charge in [0.15, 0.2) is 0 Å². The Balaban J connectivity index is 2.16. The molecule has 0 aromatic heterocycles. The van der Waals surface area contributed by atoms with Gasteiger partial charge in [0, 0.05) is 11.0 Å². The Labute approximate surface area is 95.8 Å². The quantitative estimate of drug-likeness (QED) is 0.410. The van der Waals surface area contributed by atoms with Crippen molar-refractivity contribution in [3.8, 4) is 0 Å². The Morgan fingerprint density at radius 3 is 2.46 bits per heavy atom. The lowest BCUT2D eigenvalue weighted by atomic mass is 10.1. The highest BCUT2D eigenvalue weighted by molar-refractivity contribution is 14.1. The third-order valence-electron chi connectivity index (χ3n) is 2.91. The molecule has 0 N–H and O–H groups in total. The van der Waals surface area contributed by atoms with Crippen LogP contribution < -0.4 is 0 Å². The fraction of sp³-hybridized carbons (Fsp3) is 1.00. The van der Waals surface area contributed by atoms with E-state index in [1.165, 1.54) is 49.4 Å². The summed E-state index contributed by atoms with van der Waals surface area (Å²) in [4.78, 5) is 0. The number of hydrogen-bond acceptors (Lipinski definition) is 1. The zero-order valence-electron chi connectivity index (χ0n) is 8.65. The van der Waals surface area contributed by atoms with Crippen LogP contribution in [0.15, 0.2) is 0 Å². The van der Waals surface area contributed by atoms with E-state index in [-0.39, 0.29) is 5.60 Å². The maximum absolute atomic E-state index is 6.03. The molecule has 0 atom stereocenters. The van der Waals surface area contributed by atoms with Crippen LogP contribution in [0.5, 0.6) is 0 Å². The minimum Gasteiger partial charge on any atom is -0.374 e. The fourth-order valence-corrected chi connectivity index (χ4v) is 2.96. The molecule has 0 heterocycles. The highest BCUT2D eigenvalue weighted by Gasteiger charge is 2.33. The van der Waals surface area contributed by atoms with Crippen molar-refractivity contribution in [1.82, 2.24) is 0 Å². The minimum absolute atomic E-state index is 0.272. The zero-order chi connectivity index (χ0) is 9.57. The highest BCUT2D eigenvalue weighted by atomic mass is 127. The van der Waals surface area contributed by atoms with Gasteiger partial charge in [-0.05, 0) is 19.3 Å². The molecule has 13 heavy (non-hydrogen) atoms. The number of rotatable bonds is 6. The molecular formula is C11H21IO. The zero-order valence-corrected chi connectivity index (χ0v) is 10.8. The summed E-state index contributed by atoms with van der Waals surface area (Å²) < 4.78 is 7.21. The van der Waals surface area contributed by atoms with Gasteiger partial charge in [0.2, 0.25) is 0 Å². The van der Waals surface area contributed by atoms with Crippen LogP contribution in [0.2, 0.25) is 0 Å². The van der Waals surface area contributed by atoms with Crippen LogP contribution in [-0.2, 0) is 4.74 Å². The minimum atomic E-state index is 0.272. The normalized spacial score (nSPS) is 20.8. The Morgan fingerprint density at radius 2 is 1.92 bits per heavy atom. The highest BCUT2D eigenvalue weighted by Crippen LogP contribution is 2.34. The van der Waals surface area contributed by atoms with Gasteiger partial charge in [-0.25, -0.2) is 0 Å². The van der Waals surface area contributed by atoms with E-state index in [0.717, 1.165) is 6.61 Å². The van der Waals surface area contributed by atoms with E-state index in [1.54, 1.807) is 0 Å². The second kappa shape index (κ2) is 6.23. The van der Waals surface area contributed by atoms with Crippen molar-refractivity contribution in [2.75, 3.05) is 11.0 Å². The second-order valence-electron chi connectivity index (χ2n) is 4.08. The van der Waals surface area contributed by atoms with Gasteiger partial charge in [-0.2, -0.15) is 0 Å². The Hall–Kier alpha value is 0.690. The first-order chi connectivity index (χ1) is 6.33. The monoisotopic (exact) mass is 296 g/mol. The Morgan fingerprint density at radius 1 is 1.23 bits per heavy atom. The van der Waals surface area contributed by atoms with Crippen LogP contribution in [0.3, 0.4) is 0 Å². The standard InChI is InChI=1S/C11H21IO/c1-2-3-6-9-13-11(10-12)7-4-5-8-11/h2-10H2,1H3. The molecule has 0 radical (unpaired) electrons. The second-order valence-corrected chi connectivity index (χ2v) is 4.84. The summed E-state index contributed by atoms with van der Waals surface area (Å²) >= 11 is 2.48. The Kier molecular flexibility index (Phi) is 5.63. The lowest BCUT2D eigenvalue weighted by molar-refractivity contribution is -0.0216. The molecule has 0 bridgehead atoms. The molecule has 0 amide bonds. The van der Waals surface area contributed by atoms with Crippen molar-refractivity contribution in [3.05, 3.63) is 0 Å². The van der Waals surface area contributed by atoms with Gasteiger partial charge in [-0.3, -0.25) is 0 Å². The molecule has 1 nitrogen and oxygen atoms in total. The van der Waals surface area contributed by atoms with E-state index in [2.05, 4.69) is 29.5 Å². The van der Waals surface area contributed by atoms with E-state index in [1.807, 2.05) is 0 Å². The van der Waals surface area contributed by atoms with Gasteiger partial charge >= 0.3 is 0 Å². The van der Waals surface area contributed by atoms with Crippen molar-refractivity contribution < 1.29 is 4.74 Å². The molecule has 1 aliphatic carbocycles. The molecule has 1 aliphatic rings. The molecule has 0 aliphatic heterocycles. The van der Waals surface area contributed by atoms with Gasteiger partial charge in [0.05, 0.1) is 5.60 Å². The third-order valence-corrected chi connectivity index (χ3v) is 4.30. The molecule has 0 saturated heterocycles. The maximum atomic E-state index is 6.03. The first kappa shape index (κ1) is 11.8. The summed E-state index contributed by atoms with van der Waals surface area (Å²) in [6, 6.07) is 0. The van der Waals surface area contributed by atoms with Crippen molar-refractivity contribution in [2.24, 2.45) is 0 Å². The average molecular weight is 296 g/mol. The van der Waals surface area contributed by atoms with E-state index >= 15 is 0 Å². The van der Waals surface area contributed by atoms with E-state index < -0.39 is 0 Å². The molecule has 1 rings (SSSR count). The molecular weight excluding hydrogens is 275 g/mol. The fourth-order valence-electron chi connectivity index (χ4n) is 1.98. The van der Waals surface area contributed by atoms with Crippen LogP contribution in [0, 0.1) is 0 Å². The SMILES string of the molecule is CCCCCOC1(CI)CCCC1. The van der Waals surface area contributed by atoms with Crippen molar-refractivity contribution in [2.45, 2.75) is 57.5 Å². The van der Waals surface area contributed by atoms with Gasteiger partial charge < -0.3 is 4.74 Å². The van der Waals surface area contributed by atoms with Crippen LogP contribution in [-0.4, -0.2) is 16.6 Å². The van der Waals surface area contributed by atoms with E-state index in [9.17, 15) is 0 Å². The lowest BCUT2D eigenvalue weighted by Crippen LogP contribution is -2.31. The summed E-state index contributed by atoms with van der Waals surface area (Å²) in [7, 11) is 0. The molecule has 0 aromatic carbocycles. The van der Waals surface area contributed by atoms with Crippen molar-refractivity contribution >= 4 is 22.6 Å². The number of halogens is 1. The molecule has 0 spiro atoms. The Bertz CT molecular complexity index is 130. The molecule has 1 saturated carbocycles. The number of ether oxygens (including phenoxy) is 1. The molecule has 0 aromatic rings. The summed E-state index contributed by atoms with van der Waals surface area (Å²) in [5.41, 5.74) is 0.272. The maximum Gasteiger partial charge on any atom is 0.0771 e. The smallest absolute Gasteiger partial charge is 0.0771 e. The van der Waals surface area contributed by atoms with Gasteiger partial charge in [-0.1, -0.05) is 55.2 Å². The van der Waals surface area contributed by atoms with Crippen molar-refractivity contribution in [1.29, 1.82) is 0 Å². The van der Waals surface area contributed by atoms with E-state index in [4.69, 9.17) is 4.74 Å². The third kappa shape index (κ3) is 3.74. The predicted octanol–water partition coefficient (Wildman–Crippen LogP) is 3.94. The summed E-state index contributed by atoms with van der Waals surface area (Å²) in [5, 5.41) is 0. The number of unbranched alkanes of at least 4 members (excludes halogenated alkanes) is 2. The molecule has 78 valence electrons.